The van der Waals surface area contributed by atoms with E-state index < -0.39 is 5.97 Å². The Kier molecular flexibility index (Phi) is 5.37. The van der Waals surface area contributed by atoms with E-state index in [1.165, 1.54) is 0 Å². The van der Waals surface area contributed by atoms with Gasteiger partial charge in [-0.2, -0.15) is 0 Å². The van der Waals surface area contributed by atoms with Gasteiger partial charge in [0.1, 0.15) is 16.8 Å². The van der Waals surface area contributed by atoms with E-state index in [4.69, 9.17) is 9.47 Å². The number of methoxy groups -OCH3 is 1. The van der Waals surface area contributed by atoms with E-state index >= 15 is 0 Å². The Balaban J connectivity index is 2.21. The number of ether oxygens (including phenoxy) is 2. The summed E-state index contributed by atoms with van der Waals surface area (Å²) in [6.07, 6.45) is 2.42. The zero-order valence-corrected chi connectivity index (χ0v) is 15.2. The summed E-state index contributed by atoms with van der Waals surface area (Å²) in [5.74, 6) is 0.255. The number of hydrogen-bond donors (Lipinski definition) is 1. The maximum Gasteiger partial charge on any atom is 0.341 e. The van der Waals surface area contributed by atoms with Gasteiger partial charge >= 0.3 is 5.97 Å². The van der Waals surface area contributed by atoms with Crippen molar-refractivity contribution in [1.82, 2.24) is 4.98 Å². The molecule has 0 radical (unpaired) electrons. The quantitative estimate of drug-likeness (QED) is 0.652. The van der Waals surface area contributed by atoms with Crippen molar-refractivity contribution in [2.24, 2.45) is 0 Å². The number of carbonyl (C=O) groups is 1. The van der Waals surface area contributed by atoms with Gasteiger partial charge in [0, 0.05) is 17.3 Å². The predicted molar refractivity (Wildman–Crippen MR) is 103 cm³/mol. The Morgan fingerprint density at radius 3 is 2.65 bits per heavy atom. The number of aryl methyl sites for hydroxylation is 1. The van der Waals surface area contributed by atoms with Crippen LogP contribution >= 0.6 is 0 Å². The fraction of sp³-hybridized carbons (Fsp3) is 0.238. The molecular formula is C21H22N2O3. The average molecular weight is 350 g/mol. The lowest BCUT2D eigenvalue weighted by Gasteiger charge is -2.17. The lowest BCUT2D eigenvalue weighted by Crippen LogP contribution is -2.10. The van der Waals surface area contributed by atoms with Crippen molar-refractivity contribution in [2.45, 2.75) is 20.3 Å². The highest BCUT2D eigenvalue weighted by molar-refractivity contribution is 6.07. The first-order chi connectivity index (χ1) is 12.7. The SMILES string of the molecule is CCOC(=O)c1cnc2c(OC)cccc2c1Nc1ccccc1CC. The molecule has 0 aliphatic heterocycles. The maximum absolute atomic E-state index is 12.5. The number of pyridine rings is 1. The second-order valence-corrected chi connectivity index (χ2v) is 5.76. The molecule has 0 fully saturated rings. The fourth-order valence-electron chi connectivity index (χ4n) is 2.94. The van der Waals surface area contributed by atoms with Crippen LogP contribution in [-0.4, -0.2) is 24.7 Å². The smallest absolute Gasteiger partial charge is 0.341 e. The Morgan fingerprint density at radius 2 is 1.92 bits per heavy atom. The molecule has 0 aliphatic rings. The van der Waals surface area contributed by atoms with Gasteiger partial charge in [0.15, 0.2) is 0 Å². The number of aromatic nitrogens is 1. The summed E-state index contributed by atoms with van der Waals surface area (Å²) in [4.78, 5) is 16.9. The lowest BCUT2D eigenvalue weighted by atomic mass is 10.1. The summed E-state index contributed by atoms with van der Waals surface area (Å²) >= 11 is 0. The van der Waals surface area contributed by atoms with Crippen LogP contribution in [-0.2, 0) is 11.2 Å². The van der Waals surface area contributed by atoms with Crippen molar-refractivity contribution in [3.05, 3.63) is 59.8 Å². The molecule has 0 aliphatic carbocycles. The molecule has 0 saturated heterocycles. The number of fused-ring (bicyclic) bond motifs is 1. The largest absolute Gasteiger partial charge is 0.494 e. The number of anilines is 2. The Bertz CT molecular complexity index is 938. The van der Waals surface area contributed by atoms with Crippen molar-refractivity contribution in [1.29, 1.82) is 0 Å². The maximum atomic E-state index is 12.5. The van der Waals surface area contributed by atoms with Crippen molar-refractivity contribution in [2.75, 3.05) is 19.0 Å². The number of rotatable bonds is 6. The zero-order valence-electron chi connectivity index (χ0n) is 15.2. The average Bonchev–Trinajstić information content (AvgIpc) is 2.68. The molecule has 2 aromatic carbocycles. The Hall–Kier alpha value is -3.08. The van der Waals surface area contributed by atoms with Crippen molar-refractivity contribution in [3.8, 4) is 5.75 Å². The van der Waals surface area contributed by atoms with Crippen LogP contribution < -0.4 is 10.1 Å². The molecule has 0 saturated carbocycles. The van der Waals surface area contributed by atoms with Gasteiger partial charge in [-0.1, -0.05) is 37.3 Å². The molecule has 1 N–H and O–H groups in total. The third-order valence-electron chi connectivity index (χ3n) is 4.23. The van der Waals surface area contributed by atoms with E-state index in [1.54, 1.807) is 20.2 Å². The summed E-state index contributed by atoms with van der Waals surface area (Å²) < 4.78 is 10.6. The Morgan fingerprint density at radius 1 is 1.12 bits per heavy atom. The summed E-state index contributed by atoms with van der Waals surface area (Å²) in [6, 6.07) is 13.7. The molecule has 1 heterocycles. The van der Waals surface area contributed by atoms with E-state index in [9.17, 15) is 4.79 Å². The number of hydrogen-bond acceptors (Lipinski definition) is 5. The highest BCUT2D eigenvalue weighted by Crippen LogP contribution is 2.34. The molecule has 5 nitrogen and oxygen atoms in total. The van der Waals surface area contributed by atoms with E-state index in [-0.39, 0.29) is 0 Å². The second-order valence-electron chi connectivity index (χ2n) is 5.76. The number of esters is 1. The van der Waals surface area contributed by atoms with Crippen LogP contribution in [0, 0.1) is 0 Å². The normalized spacial score (nSPS) is 10.6. The van der Waals surface area contributed by atoms with Crippen LogP contribution in [0.2, 0.25) is 0 Å². The van der Waals surface area contributed by atoms with Gasteiger partial charge in [0.2, 0.25) is 0 Å². The van der Waals surface area contributed by atoms with Gasteiger partial charge in [0.25, 0.3) is 0 Å². The lowest BCUT2D eigenvalue weighted by molar-refractivity contribution is 0.0527. The van der Waals surface area contributed by atoms with E-state index in [0.29, 0.717) is 29.1 Å². The standard InChI is InChI=1S/C21H22N2O3/c1-4-14-9-6-7-11-17(14)23-19-15-10-8-12-18(25-3)20(15)22-13-16(19)21(24)26-5-2/h6-13H,4-5H2,1-3H3,(H,22,23). The van der Waals surface area contributed by atoms with Crippen LogP contribution in [0.4, 0.5) is 11.4 Å². The molecule has 3 rings (SSSR count). The first-order valence-electron chi connectivity index (χ1n) is 8.67. The number of benzene rings is 2. The molecule has 0 unspecified atom stereocenters. The summed E-state index contributed by atoms with van der Waals surface area (Å²) in [5, 5.41) is 4.24. The van der Waals surface area contributed by atoms with Crippen LogP contribution in [0.5, 0.6) is 5.75 Å². The fourth-order valence-corrected chi connectivity index (χ4v) is 2.94. The second kappa shape index (κ2) is 7.87. The van der Waals surface area contributed by atoms with Gasteiger partial charge in [-0.05, 0) is 31.0 Å². The van der Waals surface area contributed by atoms with E-state index in [2.05, 4.69) is 23.3 Å². The monoisotopic (exact) mass is 350 g/mol. The number of para-hydroxylation sites is 2. The van der Waals surface area contributed by atoms with Crippen molar-refractivity contribution >= 4 is 28.2 Å². The van der Waals surface area contributed by atoms with Crippen LogP contribution in [0.1, 0.15) is 29.8 Å². The van der Waals surface area contributed by atoms with Crippen molar-refractivity contribution in [3.63, 3.8) is 0 Å². The van der Waals surface area contributed by atoms with E-state index in [0.717, 1.165) is 23.1 Å². The van der Waals surface area contributed by atoms with Gasteiger partial charge in [-0.15, -0.1) is 0 Å². The van der Waals surface area contributed by atoms with E-state index in [1.807, 2.05) is 36.4 Å². The van der Waals surface area contributed by atoms with Gasteiger partial charge in [0.05, 0.1) is 19.4 Å². The van der Waals surface area contributed by atoms with Gasteiger partial charge < -0.3 is 14.8 Å². The summed E-state index contributed by atoms with van der Waals surface area (Å²) in [6.45, 7) is 4.19. The molecule has 0 bridgehead atoms. The van der Waals surface area contributed by atoms with Crippen LogP contribution in [0.3, 0.4) is 0 Å². The molecule has 5 heteroatoms. The summed E-state index contributed by atoms with van der Waals surface area (Å²) in [7, 11) is 1.61. The van der Waals surface area contributed by atoms with Crippen molar-refractivity contribution < 1.29 is 14.3 Å². The number of nitrogens with zero attached hydrogens (tertiary/aromatic N) is 1. The first-order valence-corrected chi connectivity index (χ1v) is 8.67. The molecule has 0 atom stereocenters. The third-order valence-corrected chi connectivity index (χ3v) is 4.23. The third kappa shape index (κ3) is 3.33. The zero-order chi connectivity index (χ0) is 18.5. The molecule has 1 aromatic heterocycles. The van der Waals surface area contributed by atoms with Gasteiger partial charge in [-0.3, -0.25) is 4.98 Å². The minimum atomic E-state index is -0.402. The molecule has 0 amide bonds. The summed E-state index contributed by atoms with van der Waals surface area (Å²) in [5.41, 5.74) is 3.89. The molecule has 3 aromatic rings. The van der Waals surface area contributed by atoms with Gasteiger partial charge in [-0.25, -0.2) is 4.79 Å². The first kappa shape index (κ1) is 17.7. The number of carbonyl (C=O) groups excluding carboxylic acids is 1. The van der Waals surface area contributed by atoms with Crippen LogP contribution in [0.25, 0.3) is 10.9 Å². The molecule has 0 spiro atoms. The minimum Gasteiger partial charge on any atom is -0.494 e. The minimum absolute atomic E-state index is 0.306. The highest BCUT2D eigenvalue weighted by Gasteiger charge is 2.19. The molecule has 134 valence electrons. The predicted octanol–water partition coefficient (Wildman–Crippen LogP) is 4.73. The Labute approximate surface area is 153 Å². The highest BCUT2D eigenvalue weighted by atomic mass is 16.5. The number of nitrogens with one attached hydrogen (secondary N) is 1. The topological polar surface area (TPSA) is 60.5 Å². The molecule has 26 heavy (non-hydrogen) atoms. The van der Waals surface area contributed by atoms with Crippen LogP contribution in [0.15, 0.2) is 48.7 Å². The molecular weight excluding hydrogens is 328 g/mol.